The van der Waals surface area contributed by atoms with Crippen LogP contribution in [0.3, 0.4) is 0 Å². The maximum atomic E-state index is 11.5. The number of alkyl halides is 1. The normalized spacial score (nSPS) is 8.76. The maximum absolute atomic E-state index is 11.5. The van der Waals surface area contributed by atoms with Crippen molar-refractivity contribution in [2.75, 3.05) is 19.0 Å². The summed E-state index contributed by atoms with van der Waals surface area (Å²) in [5, 5.41) is 2.75. The average molecular weight is 290 g/mol. The van der Waals surface area contributed by atoms with Gasteiger partial charge < -0.3 is 11.1 Å². The molecule has 1 aromatic carbocycles. The van der Waals surface area contributed by atoms with Gasteiger partial charge in [0.05, 0.1) is 5.56 Å². The second-order valence-electron chi connectivity index (χ2n) is 3.64. The van der Waals surface area contributed by atoms with Crippen LogP contribution in [0.25, 0.3) is 0 Å². The molecule has 0 aromatic heterocycles. The first-order valence-electron chi connectivity index (χ1n) is 6.41. The van der Waals surface area contributed by atoms with Gasteiger partial charge in [0, 0.05) is 12.2 Å². The Morgan fingerprint density at radius 1 is 1.43 bits per heavy atom. The number of allylic oxidation sites excluding steroid dienone is 2. The minimum absolute atomic E-state index is 0.134. The quantitative estimate of drug-likeness (QED) is 0.378. The van der Waals surface area contributed by atoms with Crippen molar-refractivity contribution in [1.82, 2.24) is 5.32 Å². The van der Waals surface area contributed by atoms with Gasteiger partial charge >= 0.3 is 0 Å². The molecule has 3 N–H and O–H groups in total. The molecule has 0 unspecified atom stereocenters. The van der Waals surface area contributed by atoms with Gasteiger partial charge in [-0.15, -0.1) is 19.4 Å². The van der Waals surface area contributed by atoms with Crippen molar-refractivity contribution < 1.29 is 9.18 Å². The highest BCUT2D eigenvalue weighted by Gasteiger charge is 2.06. The van der Waals surface area contributed by atoms with E-state index >= 15 is 0 Å². The van der Waals surface area contributed by atoms with Gasteiger partial charge in [0.15, 0.2) is 0 Å². The van der Waals surface area contributed by atoms with Crippen LogP contribution in [0, 0.1) is 12.8 Å². The highest BCUT2D eigenvalue weighted by atomic mass is 19.1. The van der Waals surface area contributed by atoms with Crippen molar-refractivity contribution in [1.29, 1.82) is 0 Å². The van der Waals surface area contributed by atoms with Gasteiger partial charge in [0.1, 0.15) is 6.67 Å². The van der Waals surface area contributed by atoms with Crippen LogP contribution < -0.4 is 11.1 Å². The lowest BCUT2D eigenvalue weighted by Crippen LogP contribution is -2.24. The standard InChI is InChI=1S/C11H14N2O.C4H7F.C2H2/c1-2-3-8-13-11(14)9-6-4-5-7-10(9)12;1-2-3-4-5;1-2/h2,4-7H,1,3,8,12H2,(H,13,14);2-3H,4H2,1H3;1-2H/b;3-2-;. The Kier molecular flexibility index (Phi) is 15.3. The fraction of sp³-hybridized carbons (Fsp3) is 0.235. The summed E-state index contributed by atoms with van der Waals surface area (Å²) in [7, 11) is 0. The largest absolute Gasteiger partial charge is 0.398 e. The third-order valence-electron chi connectivity index (χ3n) is 2.16. The Labute approximate surface area is 126 Å². The lowest BCUT2D eigenvalue weighted by molar-refractivity contribution is 0.0955. The summed E-state index contributed by atoms with van der Waals surface area (Å²) in [5.74, 6) is -0.134. The fourth-order valence-corrected chi connectivity index (χ4v) is 1.18. The van der Waals surface area contributed by atoms with Crippen LogP contribution in [0.1, 0.15) is 23.7 Å². The number of terminal acetylenes is 1. The van der Waals surface area contributed by atoms with Crippen LogP contribution >= 0.6 is 0 Å². The Morgan fingerprint density at radius 3 is 2.48 bits per heavy atom. The monoisotopic (exact) mass is 290 g/mol. The summed E-state index contributed by atoms with van der Waals surface area (Å²) in [6.45, 7) is 5.62. The van der Waals surface area contributed by atoms with E-state index in [1.54, 1.807) is 43.3 Å². The molecule has 0 atom stereocenters. The molecule has 0 aliphatic rings. The number of nitrogens with two attached hydrogens (primary N) is 1. The number of anilines is 1. The van der Waals surface area contributed by atoms with E-state index in [0.717, 1.165) is 6.42 Å². The Balaban J connectivity index is 0. The number of hydrogen-bond acceptors (Lipinski definition) is 2. The van der Waals surface area contributed by atoms with Crippen LogP contribution in [-0.4, -0.2) is 19.1 Å². The van der Waals surface area contributed by atoms with Crippen molar-refractivity contribution >= 4 is 11.6 Å². The average Bonchev–Trinajstić information content (AvgIpc) is 2.51. The summed E-state index contributed by atoms with van der Waals surface area (Å²) in [6.07, 6.45) is 13.7. The molecule has 114 valence electrons. The number of nitrogen functional groups attached to an aromatic ring is 1. The number of para-hydroxylation sites is 1. The van der Waals surface area contributed by atoms with Gasteiger partial charge in [-0.1, -0.05) is 30.4 Å². The predicted octanol–water partition coefficient (Wildman–Crippen LogP) is 3.36. The molecule has 4 heteroatoms. The molecule has 3 nitrogen and oxygen atoms in total. The molecule has 1 rings (SSSR count). The van der Waals surface area contributed by atoms with Crippen molar-refractivity contribution in [2.24, 2.45) is 0 Å². The number of benzene rings is 1. The zero-order valence-electron chi connectivity index (χ0n) is 12.4. The highest BCUT2D eigenvalue weighted by molar-refractivity contribution is 5.99. The summed E-state index contributed by atoms with van der Waals surface area (Å²) in [4.78, 5) is 11.5. The molecule has 0 saturated carbocycles. The van der Waals surface area contributed by atoms with Crippen LogP contribution in [0.5, 0.6) is 0 Å². The van der Waals surface area contributed by atoms with Crippen LogP contribution in [0.2, 0.25) is 0 Å². The highest BCUT2D eigenvalue weighted by Crippen LogP contribution is 2.09. The molecule has 0 saturated heterocycles. The molecule has 0 radical (unpaired) electrons. The van der Waals surface area contributed by atoms with E-state index in [4.69, 9.17) is 5.73 Å². The molecule has 0 spiro atoms. The second-order valence-corrected chi connectivity index (χ2v) is 3.64. The van der Waals surface area contributed by atoms with Gasteiger partial charge in [0.2, 0.25) is 0 Å². The lowest BCUT2D eigenvalue weighted by atomic mass is 10.1. The molecule has 0 fully saturated rings. The fourth-order valence-electron chi connectivity index (χ4n) is 1.18. The van der Waals surface area contributed by atoms with Crippen LogP contribution in [0.4, 0.5) is 10.1 Å². The molecule has 0 aliphatic heterocycles. The zero-order chi connectivity index (χ0) is 16.5. The molecule has 1 aromatic rings. The second kappa shape index (κ2) is 15.5. The van der Waals surface area contributed by atoms with Crippen LogP contribution in [0.15, 0.2) is 49.1 Å². The number of halogens is 1. The molecule has 0 heterocycles. The number of rotatable bonds is 5. The third kappa shape index (κ3) is 11.0. The van der Waals surface area contributed by atoms with Gasteiger partial charge in [-0.25, -0.2) is 4.39 Å². The van der Waals surface area contributed by atoms with E-state index in [1.165, 1.54) is 6.08 Å². The minimum atomic E-state index is -0.337. The molecule has 21 heavy (non-hydrogen) atoms. The van der Waals surface area contributed by atoms with E-state index in [1.807, 2.05) is 0 Å². The maximum Gasteiger partial charge on any atom is 0.253 e. The van der Waals surface area contributed by atoms with Crippen molar-refractivity contribution in [3.63, 3.8) is 0 Å². The molecular formula is C17H23FN2O. The lowest BCUT2D eigenvalue weighted by Gasteiger charge is -2.05. The molecule has 0 bridgehead atoms. The van der Waals surface area contributed by atoms with Gasteiger partial charge in [-0.2, -0.15) is 0 Å². The first-order chi connectivity index (χ1) is 10.2. The van der Waals surface area contributed by atoms with E-state index in [9.17, 15) is 9.18 Å². The van der Waals surface area contributed by atoms with Gasteiger partial charge in [0.25, 0.3) is 5.91 Å². The van der Waals surface area contributed by atoms with E-state index in [-0.39, 0.29) is 12.6 Å². The van der Waals surface area contributed by atoms with Crippen molar-refractivity contribution in [2.45, 2.75) is 13.3 Å². The number of carbonyl (C=O) groups is 1. The van der Waals surface area contributed by atoms with Crippen molar-refractivity contribution in [3.8, 4) is 12.8 Å². The van der Waals surface area contributed by atoms with E-state index < -0.39 is 0 Å². The van der Waals surface area contributed by atoms with Gasteiger partial charge in [-0.05, 0) is 25.5 Å². The number of amides is 1. The number of carbonyl (C=O) groups excluding carboxylic acids is 1. The minimum Gasteiger partial charge on any atom is -0.398 e. The molecule has 0 aliphatic carbocycles. The van der Waals surface area contributed by atoms with Crippen LogP contribution in [-0.2, 0) is 0 Å². The summed E-state index contributed by atoms with van der Waals surface area (Å²) in [6, 6.07) is 7.01. The first kappa shape index (κ1) is 20.8. The Bertz CT molecular complexity index is 453. The molecular weight excluding hydrogens is 267 g/mol. The molecule has 1 amide bonds. The van der Waals surface area contributed by atoms with Crippen molar-refractivity contribution in [3.05, 3.63) is 54.6 Å². The zero-order valence-corrected chi connectivity index (χ0v) is 12.4. The number of hydrogen-bond donors (Lipinski definition) is 2. The Hall–Kier alpha value is -2.54. The Morgan fingerprint density at radius 2 is 2.05 bits per heavy atom. The first-order valence-corrected chi connectivity index (χ1v) is 6.41. The summed E-state index contributed by atoms with van der Waals surface area (Å²) in [5.41, 5.74) is 6.67. The number of nitrogens with one attached hydrogen (secondary N) is 1. The smallest absolute Gasteiger partial charge is 0.253 e. The predicted molar refractivity (Wildman–Crippen MR) is 88.7 cm³/mol. The summed E-state index contributed by atoms with van der Waals surface area (Å²) >= 11 is 0. The SMILES string of the molecule is C#C.C/C=C\CF.C=CCCNC(=O)c1ccccc1N. The van der Waals surface area contributed by atoms with E-state index in [2.05, 4.69) is 24.7 Å². The third-order valence-corrected chi connectivity index (χ3v) is 2.16. The topological polar surface area (TPSA) is 55.1 Å². The van der Waals surface area contributed by atoms with E-state index in [0.29, 0.717) is 17.8 Å². The van der Waals surface area contributed by atoms with Gasteiger partial charge in [-0.3, -0.25) is 4.79 Å². The summed E-state index contributed by atoms with van der Waals surface area (Å²) < 4.78 is 10.9.